The molecule has 0 unspecified atom stereocenters. The average molecular weight is 836 g/mol. The van der Waals surface area contributed by atoms with Gasteiger partial charge < -0.3 is 5.11 Å². The molecule has 0 fully saturated rings. The Labute approximate surface area is 379 Å². The molecule has 9 rings (SSSR count). The first-order valence-corrected chi connectivity index (χ1v) is 22.4. The lowest BCUT2D eigenvalue weighted by molar-refractivity contribution is 0.472. The van der Waals surface area contributed by atoms with E-state index in [0.717, 1.165) is 78.0 Å². The largest absolute Gasteiger partial charge is 0.507 e. The predicted molar refractivity (Wildman–Crippen MR) is 269 cm³/mol. The van der Waals surface area contributed by atoms with Crippen molar-refractivity contribution in [3.8, 4) is 78.6 Å². The van der Waals surface area contributed by atoms with Crippen molar-refractivity contribution in [2.45, 2.75) is 80.1 Å². The standard InChI is InChI=1S/C60H57N3O/c1-37-19-21-41(22-20-37)44-27-28-61-53(35-44)46-32-45(33-48(34-46)60(8,9)10)49-17-14-18-54-56(49)62-58(52-30-38(2)29-40(4)57(52)64)63(54)55-31-39(3)50(36-51(55)42-15-12-11-13-16-42)43-23-25-47(26-24-43)59(5,6)7/h11-36,64H,1-10H3. The monoisotopic (exact) mass is 835 g/mol. The number of pyridine rings is 1. The number of phenols is 1. The van der Waals surface area contributed by atoms with Crippen molar-refractivity contribution in [2.24, 2.45) is 0 Å². The van der Waals surface area contributed by atoms with Gasteiger partial charge in [0, 0.05) is 22.9 Å². The summed E-state index contributed by atoms with van der Waals surface area (Å²) in [6.45, 7) is 21.9. The minimum absolute atomic E-state index is 0.0589. The molecule has 0 spiro atoms. The summed E-state index contributed by atoms with van der Waals surface area (Å²) in [5, 5.41) is 11.9. The van der Waals surface area contributed by atoms with Crippen LogP contribution in [0.4, 0.5) is 0 Å². The minimum Gasteiger partial charge on any atom is -0.507 e. The molecule has 2 aromatic heterocycles. The van der Waals surface area contributed by atoms with Crippen LogP contribution in [0, 0.1) is 27.7 Å². The first-order chi connectivity index (χ1) is 30.5. The Morgan fingerprint density at radius 1 is 0.453 bits per heavy atom. The van der Waals surface area contributed by atoms with Crippen LogP contribution in [-0.2, 0) is 10.8 Å². The van der Waals surface area contributed by atoms with Gasteiger partial charge in [0.05, 0.1) is 28.0 Å². The van der Waals surface area contributed by atoms with Gasteiger partial charge in [-0.1, -0.05) is 150 Å². The number of rotatable bonds is 7. The molecule has 0 saturated heterocycles. The van der Waals surface area contributed by atoms with Crippen LogP contribution in [0.15, 0.2) is 158 Å². The van der Waals surface area contributed by atoms with Crippen molar-refractivity contribution in [3.63, 3.8) is 0 Å². The Hall–Kier alpha value is -7.04. The fraction of sp³-hybridized carbons (Fsp3) is 0.200. The Morgan fingerprint density at radius 3 is 1.83 bits per heavy atom. The predicted octanol–water partition coefficient (Wildman–Crippen LogP) is 16.0. The third kappa shape index (κ3) is 8.05. The second-order valence-corrected chi connectivity index (χ2v) is 19.6. The number of nitrogens with zero attached hydrogens (tertiary/aromatic N) is 3. The molecular weight excluding hydrogens is 779 g/mol. The van der Waals surface area contributed by atoms with Gasteiger partial charge in [-0.2, -0.15) is 0 Å². The quantitative estimate of drug-likeness (QED) is 0.174. The van der Waals surface area contributed by atoms with Crippen molar-refractivity contribution >= 4 is 11.0 Å². The van der Waals surface area contributed by atoms with Gasteiger partial charge in [0.25, 0.3) is 0 Å². The first kappa shape index (κ1) is 42.3. The maximum absolute atomic E-state index is 11.9. The number of benzene rings is 7. The molecule has 4 nitrogen and oxygen atoms in total. The summed E-state index contributed by atoms with van der Waals surface area (Å²) in [6.07, 6.45) is 1.91. The molecular formula is C60H57N3O. The highest BCUT2D eigenvalue weighted by atomic mass is 16.3. The van der Waals surface area contributed by atoms with E-state index in [9.17, 15) is 5.11 Å². The maximum Gasteiger partial charge on any atom is 0.149 e. The van der Waals surface area contributed by atoms with Crippen molar-refractivity contribution in [1.82, 2.24) is 14.5 Å². The SMILES string of the molecule is Cc1ccc(-c2ccnc(-c3cc(-c4cccc5c4nc(-c4cc(C)cc(C)c4O)n5-c4cc(C)c(-c5ccc(C(C)(C)C)cc5)cc4-c4ccccc4)cc(C(C)(C)C)c3)c2)cc1. The van der Waals surface area contributed by atoms with Gasteiger partial charge in [-0.3, -0.25) is 9.55 Å². The zero-order valence-corrected chi connectivity index (χ0v) is 38.8. The maximum atomic E-state index is 11.9. The molecule has 0 atom stereocenters. The normalized spacial score (nSPS) is 12.0. The van der Waals surface area contributed by atoms with Gasteiger partial charge in [-0.05, 0) is 148 Å². The number of imidazole rings is 1. The van der Waals surface area contributed by atoms with Gasteiger partial charge in [-0.25, -0.2) is 4.98 Å². The van der Waals surface area contributed by atoms with Crippen LogP contribution in [0.2, 0.25) is 0 Å². The van der Waals surface area contributed by atoms with Crippen molar-refractivity contribution in [2.75, 3.05) is 0 Å². The van der Waals surface area contributed by atoms with E-state index >= 15 is 0 Å². The van der Waals surface area contributed by atoms with E-state index < -0.39 is 0 Å². The highest BCUT2D eigenvalue weighted by Crippen LogP contribution is 2.44. The molecule has 0 aliphatic rings. The van der Waals surface area contributed by atoms with E-state index in [0.29, 0.717) is 11.4 Å². The summed E-state index contributed by atoms with van der Waals surface area (Å²) in [7, 11) is 0. The van der Waals surface area contributed by atoms with Gasteiger partial charge in [0.15, 0.2) is 0 Å². The second-order valence-electron chi connectivity index (χ2n) is 19.6. The number of para-hydroxylation sites is 1. The Kier molecular flexibility index (Phi) is 10.7. The minimum atomic E-state index is -0.139. The number of phenolic OH excluding ortho intramolecular Hbond substituents is 1. The van der Waals surface area contributed by atoms with E-state index in [1.165, 1.54) is 27.8 Å². The van der Waals surface area contributed by atoms with Crippen LogP contribution < -0.4 is 0 Å². The van der Waals surface area contributed by atoms with Crippen LogP contribution in [0.25, 0.3) is 83.9 Å². The first-order valence-electron chi connectivity index (χ1n) is 22.4. The van der Waals surface area contributed by atoms with Crippen LogP contribution in [0.1, 0.15) is 74.9 Å². The molecule has 64 heavy (non-hydrogen) atoms. The van der Waals surface area contributed by atoms with Crippen LogP contribution in [-0.4, -0.2) is 19.6 Å². The Bertz CT molecular complexity index is 3190. The number of hydrogen-bond donors (Lipinski definition) is 1. The molecule has 318 valence electrons. The molecule has 1 N–H and O–H groups in total. The van der Waals surface area contributed by atoms with Crippen molar-refractivity contribution < 1.29 is 5.11 Å². The third-order valence-electron chi connectivity index (χ3n) is 12.7. The lowest BCUT2D eigenvalue weighted by Gasteiger charge is -2.22. The van der Waals surface area contributed by atoms with E-state index in [2.05, 4.69) is 212 Å². The van der Waals surface area contributed by atoms with Crippen molar-refractivity contribution in [3.05, 3.63) is 191 Å². The number of aromatic hydroxyl groups is 1. The zero-order valence-electron chi connectivity index (χ0n) is 38.8. The number of hydrogen-bond acceptors (Lipinski definition) is 3. The van der Waals surface area contributed by atoms with E-state index in [-0.39, 0.29) is 16.6 Å². The highest BCUT2D eigenvalue weighted by molar-refractivity contribution is 5.98. The molecule has 0 amide bonds. The second kappa shape index (κ2) is 16.3. The number of aromatic nitrogens is 3. The molecule has 0 radical (unpaired) electrons. The molecule has 0 aliphatic heterocycles. The summed E-state index contributed by atoms with van der Waals surface area (Å²) in [5.74, 6) is 0.916. The summed E-state index contributed by atoms with van der Waals surface area (Å²) < 4.78 is 2.27. The lowest BCUT2D eigenvalue weighted by atomic mass is 9.83. The fourth-order valence-corrected chi connectivity index (χ4v) is 8.95. The molecule has 0 aliphatic carbocycles. The summed E-state index contributed by atoms with van der Waals surface area (Å²) in [6, 6.07) is 54.7. The molecule has 2 heterocycles. The molecule has 0 bridgehead atoms. The Balaban J connectivity index is 1.31. The van der Waals surface area contributed by atoms with Crippen LogP contribution >= 0.6 is 0 Å². The van der Waals surface area contributed by atoms with E-state index in [1.54, 1.807) is 0 Å². The van der Waals surface area contributed by atoms with Crippen LogP contribution in [0.5, 0.6) is 5.75 Å². The lowest BCUT2D eigenvalue weighted by Crippen LogP contribution is -2.11. The van der Waals surface area contributed by atoms with E-state index in [4.69, 9.17) is 9.97 Å². The summed E-state index contributed by atoms with van der Waals surface area (Å²) >= 11 is 0. The Morgan fingerprint density at radius 2 is 1.12 bits per heavy atom. The molecule has 4 heteroatoms. The average Bonchev–Trinajstić information content (AvgIpc) is 3.67. The van der Waals surface area contributed by atoms with Gasteiger partial charge >= 0.3 is 0 Å². The third-order valence-corrected chi connectivity index (χ3v) is 12.7. The van der Waals surface area contributed by atoms with Crippen LogP contribution in [0.3, 0.4) is 0 Å². The van der Waals surface area contributed by atoms with E-state index in [1.807, 2.05) is 19.2 Å². The summed E-state index contributed by atoms with van der Waals surface area (Å²) in [5.41, 5.74) is 21.0. The summed E-state index contributed by atoms with van der Waals surface area (Å²) in [4.78, 5) is 10.5. The zero-order chi connectivity index (χ0) is 45.1. The molecule has 0 saturated carbocycles. The fourth-order valence-electron chi connectivity index (χ4n) is 8.95. The van der Waals surface area contributed by atoms with Gasteiger partial charge in [0.2, 0.25) is 0 Å². The van der Waals surface area contributed by atoms with Gasteiger partial charge in [0.1, 0.15) is 11.6 Å². The molecule has 9 aromatic rings. The molecule has 7 aromatic carbocycles. The number of fused-ring (bicyclic) bond motifs is 1. The van der Waals surface area contributed by atoms with Gasteiger partial charge in [-0.15, -0.1) is 0 Å². The smallest absolute Gasteiger partial charge is 0.149 e. The topological polar surface area (TPSA) is 50.9 Å². The van der Waals surface area contributed by atoms with Crippen molar-refractivity contribution in [1.29, 1.82) is 0 Å². The number of aryl methyl sites for hydroxylation is 4. The highest BCUT2D eigenvalue weighted by Gasteiger charge is 2.25.